The molecule has 4 rings (SSSR count). The van der Waals surface area contributed by atoms with Crippen molar-refractivity contribution >= 4 is 40.8 Å². The second kappa shape index (κ2) is 14.0. The lowest BCUT2D eigenvalue weighted by atomic mass is 9.84. The monoisotopic (exact) mass is 597 g/mol. The minimum Gasteiger partial charge on any atom is -0.460 e. The van der Waals surface area contributed by atoms with E-state index >= 15 is 0 Å². The molecule has 0 unspecified atom stereocenters. The van der Waals surface area contributed by atoms with Crippen molar-refractivity contribution < 1.29 is 33.4 Å². The van der Waals surface area contributed by atoms with Gasteiger partial charge in [-0.1, -0.05) is 55.5 Å². The van der Waals surface area contributed by atoms with E-state index in [1.165, 1.54) is 4.90 Å². The lowest BCUT2D eigenvalue weighted by Crippen LogP contribution is -2.56. The first-order valence-corrected chi connectivity index (χ1v) is 14.3. The summed E-state index contributed by atoms with van der Waals surface area (Å²) in [5.74, 6) is -2.49. The van der Waals surface area contributed by atoms with Crippen LogP contribution in [0.25, 0.3) is 4.85 Å². The molecule has 1 N–H and O–H groups in total. The van der Waals surface area contributed by atoms with Gasteiger partial charge in [-0.05, 0) is 61.2 Å². The average Bonchev–Trinajstić information content (AvgIpc) is 3.03. The average molecular weight is 598 g/mol. The van der Waals surface area contributed by atoms with Gasteiger partial charge in [-0.15, -0.1) is 0 Å². The molecular weight excluding hydrogens is 562 g/mol. The maximum Gasteiger partial charge on any atom is 0.316 e. The first-order valence-electron chi connectivity index (χ1n) is 14.3. The third-order valence-corrected chi connectivity index (χ3v) is 7.40. The van der Waals surface area contributed by atoms with Gasteiger partial charge in [0.2, 0.25) is 6.10 Å². The molecule has 2 amide bonds. The number of morpholine rings is 1. The number of benzene rings is 3. The van der Waals surface area contributed by atoms with E-state index in [1.807, 2.05) is 37.3 Å². The van der Waals surface area contributed by atoms with Crippen molar-refractivity contribution in [3.8, 4) is 0 Å². The van der Waals surface area contributed by atoms with Crippen molar-refractivity contribution in [2.75, 3.05) is 23.4 Å². The third kappa shape index (κ3) is 7.30. The van der Waals surface area contributed by atoms with Crippen LogP contribution in [0.2, 0.25) is 0 Å². The Balaban J connectivity index is 1.53. The SMILES string of the molecule is [C-]#[N+]c1ccc(NC(=O)[C@H](OC(C)=O)[C@H]2OCCN(c3cccc(C(C)(C)C(=O)OCc4ccccc4)c3)C2=O)cc1CC. The van der Waals surface area contributed by atoms with Crippen LogP contribution >= 0.6 is 0 Å². The summed E-state index contributed by atoms with van der Waals surface area (Å²) in [7, 11) is 0. The zero-order valence-electron chi connectivity index (χ0n) is 25.2. The molecule has 0 aromatic heterocycles. The second-order valence-electron chi connectivity index (χ2n) is 10.8. The quantitative estimate of drug-likeness (QED) is 0.255. The van der Waals surface area contributed by atoms with Crippen LogP contribution < -0.4 is 10.2 Å². The molecule has 3 aromatic carbocycles. The fraction of sp³-hybridized carbons (Fsp3) is 0.324. The first kappa shape index (κ1) is 31.9. The standard InChI is InChI=1S/C34H35N3O7/c1-6-24-19-26(15-16-28(24)35-5)36-31(39)29(44-22(2)38)30-32(40)37(17-18-42-30)27-14-10-13-25(20-27)34(3,4)33(41)43-21-23-11-8-7-9-12-23/h7-16,19-20,29-30H,6,17-18,21H2,1-4H3,(H,36,39)/t29-,30-/m1/s1. The van der Waals surface area contributed by atoms with Crippen molar-refractivity contribution in [1.29, 1.82) is 0 Å². The van der Waals surface area contributed by atoms with Gasteiger partial charge < -0.3 is 24.4 Å². The third-order valence-electron chi connectivity index (χ3n) is 7.40. The molecule has 10 nitrogen and oxygen atoms in total. The van der Waals surface area contributed by atoms with Gasteiger partial charge in [-0.2, -0.15) is 0 Å². The number of esters is 2. The Morgan fingerprint density at radius 3 is 2.52 bits per heavy atom. The van der Waals surface area contributed by atoms with Crippen LogP contribution in [-0.2, 0) is 51.8 Å². The summed E-state index contributed by atoms with van der Waals surface area (Å²) in [6.07, 6.45) is -2.40. The van der Waals surface area contributed by atoms with Crippen LogP contribution in [0, 0.1) is 6.57 Å². The highest BCUT2D eigenvalue weighted by Crippen LogP contribution is 2.31. The molecule has 1 aliphatic heterocycles. The number of ether oxygens (including phenoxy) is 3. The van der Waals surface area contributed by atoms with E-state index in [9.17, 15) is 19.2 Å². The summed E-state index contributed by atoms with van der Waals surface area (Å²) in [6.45, 7) is 14.2. The Hall–Kier alpha value is -5.01. The van der Waals surface area contributed by atoms with E-state index in [4.69, 9.17) is 20.8 Å². The summed E-state index contributed by atoms with van der Waals surface area (Å²) in [6, 6.07) is 21.2. The molecule has 2 atom stereocenters. The summed E-state index contributed by atoms with van der Waals surface area (Å²) < 4.78 is 16.6. The highest BCUT2D eigenvalue weighted by molar-refractivity contribution is 6.04. The zero-order chi connectivity index (χ0) is 31.9. The first-order chi connectivity index (χ1) is 21.0. The molecule has 0 bridgehead atoms. The Morgan fingerprint density at radius 2 is 1.84 bits per heavy atom. The molecule has 1 fully saturated rings. The fourth-order valence-corrected chi connectivity index (χ4v) is 4.86. The molecule has 3 aromatic rings. The van der Waals surface area contributed by atoms with E-state index < -0.39 is 41.4 Å². The number of hydrogen-bond donors (Lipinski definition) is 1. The van der Waals surface area contributed by atoms with Crippen LogP contribution in [0.5, 0.6) is 0 Å². The highest BCUT2D eigenvalue weighted by atomic mass is 16.6. The Labute approximate surface area is 256 Å². The van der Waals surface area contributed by atoms with Gasteiger partial charge in [0.05, 0.1) is 18.6 Å². The van der Waals surface area contributed by atoms with Crippen LogP contribution in [0.15, 0.2) is 72.8 Å². The van der Waals surface area contributed by atoms with Crippen LogP contribution in [-0.4, -0.2) is 49.1 Å². The Bertz CT molecular complexity index is 1580. The summed E-state index contributed by atoms with van der Waals surface area (Å²) >= 11 is 0. The minimum absolute atomic E-state index is 0.0773. The predicted molar refractivity (Wildman–Crippen MR) is 164 cm³/mol. The van der Waals surface area contributed by atoms with Gasteiger partial charge in [0.1, 0.15) is 6.61 Å². The maximum absolute atomic E-state index is 13.7. The largest absolute Gasteiger partial charge is 0.460 e. The molecule has 0 radical (unpaired) electrons. The van der Waals surface area contributed by atoms with E-state index in [0.29, 0.717) is 29.0 Å². The second-order valence-corrected chi connectivity index (χ2v) is 10.8. The molecule has 1 heterocycles. The predicted octanol–water partition coefficient (Wildman–Crippen LogP) is 5.12. The van der Waals surface area contributed by atoms with Gasteiger partial charge in [0, 0.05) is 24.8 Å². The number of nitrogens with one attached hydrogen (secondary N) is 1. The van der Waals surface area contributed by atoms with Crippen LogP contribution in [0.3, 0.4) is 0 Å². The summed E-state index contributed by atoms with van der Waals surface area (Å²) in [4.78, 5) is 57.1. The molecule has 10 heteroatoms. The number of rotatable bonds is 10. The number of carbonyl (C=O) groups is 4. The van der Waals surface area contributed by atoms with Crippen molar-refractivity contribution in [2.24, 2.45) is 0 Å². The molecule has 1 aliphatic rings. The lowest BCUT2D eigenvalue weighted by Gasteiger charge is -2.35. The zero-order valence-corrected chi connectivity index (χ0v) is 25.2. The Morgan fingerprint density at radius 1 is 1.09 bits per heavy atom. The maximum atomic E-state index is 13.7. The highest BCUT2D eigenvalue weighted by Gasteiger charge is 2.43. The van der Waals surface area contributed by atoms with E-state index in [0.717, 1.165) is 18.1 Å². The summed E-state index contributed by atoms with van der Waals surface area (Å²) in [5, 5.41) is 2.69. The molecule has 0 saturated carbocycles. The Kier molecular flexibility index (Phi) is 10.1. The van der Waals surface area contributed by atoms with E-state index in [2.05, 4.69) is 10.2 Å². The topological polar surface area (TPSA) is 116 Å². The van der Waals surface area contributed by atoms with E-state index in [1.54, 1.807) is 56.3 Å². The van der Waals surface area contributed by atoms with Crippen molar-refractivity contribution in [3.63, 3.8) is 0 Å². The van der Waals surface area contributed by atoms with Gasteiger partial charge in [0.15, 0.2) is 11.8 Å². The molecule has 0 spiro atoms. The van der Waals surface area contributed by atoms with E-state index in [-0.39, 0.29) is 19.8 Å². The minimum atomic E-state index is -1.57. The lowest BCUT2D eigenvalue weighted by molar-refractivity contribution is -0.167. The molecular formula is C34H35N3O7. The van der Waals surface area contributed by atoms with Gasteiger partial charge in [0.25, 0.3) is 11.8 Å². The van der Waals surface area contributed by atoms with Gasteiger partial charge in [-0.25, -0.2) is 4.85 Å². The number of anilines is 2. The number of aryl methyl sites for hydroxylation is 1. The van der Waals surface area contributed by atoms with Crippen LogP contribution in [0.4, 0.5) is 17.1 Å². The number of amides is 2. The van der Waals surface area contributed by atoms with Crippen LogP contribution in [0.1, 0.15) is 44.4 Å². The van der Waals surface area contributed by atoms with Crippen molar-refractivity contribution in [2.45, 2.75) is 58.3 Å². The molecule has 44 heavy (non-hydrogen) atoms. The van der Waals surface area contributed by atoms with Gasteiger partial charge >= 0.3 is 11.9 Å². The smallest absolute Gasteiger partial charge is 0.316 e. The summed E-state index contributed by atoms with van der Waals surface area (Å²) in [5.41, 5.74) is 2.57. The van der Waals surface area contributed by atoms with Crippen molar-refractivity contribution in [1.82, 2.24) is 0 Å². The fourth-order valence-electron chi connectivity index (χ4n) is 4.86. The normalized spacial score (nSPS) is 15.6. The van der Waals surface area contributed by atoms with Crippen molar-refractivity contribution in [3.05, 3.63) is 101 Å². The number of nitrogens with zero attached hydrogens (tertiary/aromatic N) is 2. The van der Waals surface area contributed by atoms with Gasteiger partial charge in [-0.3, -0.25) is 19.2 Å². The number of hydrogen-bond acceptors (Lipinski definition) is 7. The number of carbonyl (C=O) groups excluding carboxylic acids is 4. The molecule has 228 valence electrons. The molecule has 1 saturated heterocycles. The molecule has 0 aliphatic carbocycles.